The number of nitrogens with zero attached hydrogens (tertiary/aromatic N) is 4. The van der Waals surface area contributed by atoms with E-state index in [-0.39, 0.29) is 17.5 Å². The third-order valence-electron chi connectivity index (χ3n) is 5.83. The maximum absolute atomic E-state index is 12.9. The predicted octanol–water partition coefficient (Wildman–Crippen LogP) is 4.22. The van der Waals surface area contributed by atoms with Gasteiger partial charge in [0.25, 0.3) is 5.69 Å². The molecule has 0 saturated carbocycles. The van der Waals surface area contributed by atoms with Gasteiger partial charge < -0.3 is 15.0 Å². The van der Waals surface area contributed by atoms with E-state index in [4.69, 9.17) is 4.74 Å². The first kappa shape index (κ1) is 22.2. The third-order valence-corrected chi connectivity index (χ3v) is 5.83. The topological polar surface area (TPSA) is 110 Å². The molecule has 1 aliphatic rings. The summed E-state index contributed by atoms with van der Waals surface area (Å²) in [6.45, 7) is 3.09. The highest BCUT2D eigenvalue weighted by molar-refractivity contribution is 5.94. The molecule has 1 amide bonds. The lowest BCUT2D eigenvalue weighted by molar-refractivity contribution is -0.384. The zero-order valence-electron chi connectivity index (χ0n) is 18.5. The molecule has 0 spiro atoms. The van der Waals surface area contributed by atoms with E-state index >= 15 is 0 Å². The van der Waals surface area contributed by atoms with Gasteiger partial charge in [-0.3, -0.25) is 14.9 Å². The predicted molar refractivity (Wildman–Crippen MR) is 125 cm³/mol. The molecular formula is C24H25N5O4. The molecule has 0 aliphatic carbocycles. The van der Waals surface area contributed by atoms with Gasteiger partial charge in [-0.1, -0.05) is 0 Å². The van der Waals surface area contributed by atoms with Crippen molar-refractivity contribution in [1.82, 2.24) is 9.97 Å². The summed E-state index contributed by atoms with van der Waals surface area (Å²) in [6.07, 6.45) is 3.17. The Kier molecular flexibility index (Phi) is 6.48. The van der Waals surface area contributed by atoms with Gasteiger partial charge in [0.2, 0.25) is 5.91 Å². The van der Waals surface area contributed by atoms with Crippen molar-refractivity contribution >= 4 is 23.1 Å². The smallest absolute Gasteiger partial charge is 0.269 e. The molecule has 1 fully saturated rings. The van der Waals surface area contributed by atoms with Crippen LogP contribution in [-0.2, 0) is 4.79 Å². The van der Waals surface area contributed by atoms with E-state index in [1.807, 2.05) is 30.3 Å². The molecule has 1 unspecified atom stereocenters. The van der Waals surface area contributed by atoms with Gasteiger partial charge in [0.05, 0.1) is 23.6 Å². The molecule has 0 radical (unpaired) electrons. The summed E-state index contributed by atoms with van der Waals surface area (Å²) >= 11 is 0. The number of nitro groups is 1. The first-order chi connectivity index (χ1) is 15.9. The van der Waals surface area contributed by atoms with E-state index in [0.29, 0.717) is 17.8 Å². The Morgan fingerprint density at radius 1 is 1.18 bits per heavy atom. The van der Waals surface area contributed by atoms with Crippen molar-refractivity contribution in [3.05, 3.63) is 70.5 Å². The van der Waals surface area contributed by atoms with Crippen LogP contribution in [0.1, 0.15) is 18.4 Å². The molecular weight excluding hydrogens is 422 g/mol. The molecule has 1 aliphatic heterocycles. The molecule has 170 valence electrons. The number of hydrogen-bond donors (Lipinski definition) is 1. The van der Waals surface area contributed by atoms with Crippen LogP contribution in [0.15, 0.2) is 54.9 Å². The van der Waals surface area contributed by atoms with Crippen LogP contribution in [0.5, 0.6) is 5.75 Å². The fourth-order valence-electron chi connectivity index (χ4n) is 3.98. The Hall–Kier alpha value is -4.01. The van der Waals surface area contributed by atoms with Crippen LogP contribution in [-0.4, -0.2) is 41.0 Å². The zero-order valence-corrected chi connectivity index (χ0v) is 18.5. The molecule has 1 N–H and O–H groups in total. The number of piperidine rings is 1. The Morgan fingerprint density at radius 3 is 2.67 bits per heavy atom. The van der Waals surface area contributed by atoms with E-state index in [1.54, 1.807) is 26.4 Å². The standard InChI is InChI=1S/C24H25N5O4/c1-16-12-19(29(31)32)7-10-21(16)27-24(30)18-4-3-11-28(14-18)23-13-22(25-15-26-23)17-5-8-20(33-2)9-6-17/h5-10,12-13,15,18H,3-4,11,14H2,1-2H3,(H,27,30). The number of aromatic nitrogens is 2. The number of carbonyl (C=O) groups excluding carboxylic acids is 1. The molecule has 33 heavy (non-hydrogen) atoms. The quantitative estimate of drug-likeness (QED) is 0.445. The average Bonchev–Trinajstić information content (AvgIpc) is 2.85. The molecule has 2 aromatic carbocycles. The average molecular weight is 447 g/mol. The van der Waals surface area contributed by atoms with Crippen LogP contribution in [0, 0.1) is 23.0 Å². The lowest BCUT2D eigenvalue weighted by atomic mass is 9.96. The van der Waals surface area contributed by atoms with Crippen molar-refractivity contribution in [3.8, 4) is 17.0 Å². The van der Waals surface area contributed by atoms with E-state index in [0.717, 1.165) is 42.2 Å². The van der Waals surface area contributed by atoms with Crippen molar-refractivity contribution in [2.75, 3.05) is 30.4 Å². The minimum Gasteiger partial charge on any atom is -0.497 e. The minimum atomic E-state index is -0.445. The molecule has 4 rings (SSSR count). The van der Waals surface area contributed by atoms with E-state index < -0.39 is 4.92 Å². The molecule has 2 heterocycles. The van der Waals surface area contributed by atoms with Gasteiger partial charge in [-0.15, -0.1) is 0 Å². The van der Waals surface area contributed by atoms with Crippen LogP contribution >= 0.6 is 0 Å². The maximum Gasteiger partial charge on any atom is 0.269 e. The SMILES string of the molecule is COc1ccc(-c2cc(N3CCCC(C(=O)Nc4ccc([N+](=O)[O-])cc4C)C3)ncn2)cc1. The Morgan fingerprint density at radius 2 is 1.97 bits per heavy atom. The lowest BCUT2D eigenvalue weighted by Crippen LogP contribution is -2.41. The van der Waals surface area contributed by atoms with E-state index in [9.17, 15) is 14.9 Å². The van der Waals surface area contributed by atoms with Crippen LogP contribution < -0.4 is 15.0 Å². The summed E-state index contributed by atoms with van der Waals surface area (Å²) in [5.74, 6) is 1.25. The van der Waals surface area contributed by atoms with Gasteiger partial charge in [0.1, 0.15) is 17.9 Å². The highest BCUT2D eigenvalue weighted by atomic mass is 16.6. The van der Waals surface area contributed by atoms with E-state index in [2.05, 4.69) is 20.2 Å². The highest BCUT2D eigenvalue weighted by Gasteiger charge is 2.27. The number of methoxy groups -OCH3 is 1. The van der Waals surface area contributed by atoms with Crippen molar-refractivity contribution in [2.45, 2.75) is 19.8 Å². The largest absolute Gasteiger partial charge is 0.497 e. The number of nitrogens with one attached hydrogen (secondary N) is 1. The van der Waals surface area contributed by atoms with Crippen LogP contribution in [0.3, 0.4) is 0 Å². The number of amides is 1. The van der Waals surface area contributed by atoms with Gasteiger partial charge in [-0.05, 0) is 55.7 Å². The van der Waals surface area contributed by atoms with Crippen LogP contribution in [0.25, 0.3) is 11.3 Å². The number of nitro benzene ring substituents is 1. The molecule has 1 atom stereocenters. The number of rotatable bonds is 6. The minimum absolute atomic E-state index is 0.00534. The second-order valence-corrected chi connectivity index (χ2v) is 8.02. The summed E-state index contributed by atoms with van der Waals surface area (Å²) in [4.78, 5) is 34.4. The number of anilines is 2. The summed E-state index contributed by atoms with van der Waals surface area (Å²) < 4.78 is 5.22. The van der Waals surface area contributed by atoms with Gasteiger partial charge in [0.15, 0.2) is 0 Å². The van der Waals surface area contributed by atoms with Gasteiger partial charge in [-0.25, -0.2) is 9.97 Å². The number of aryl methyl sites for hydroxylation is 1. The van der Waals surface area contributed by atoms with Crippen LogP contribution in [0.2, 0.25) is 0 Å². The normalized spacial score (nSPS) is 15.7. The molecule has 1 saturated heterocycles. The Balaban J connectivity index is 1.46. The van der Waals surface area contributed by atoms with Crippen LogP contribution in [0.4, 0.5) is 17.2 Å². The number of carbonyl (C=O) groups is 1. The summed E-state index contributed by atoms with van der Waals surface area (Å²) in [5.41, 5.74) is 3.01. The summed E-state index contributed by atoms with van der Waals surface area (Å²) in [7, 11) is 1.63. The first-order valence-electron chi connectivity index (χ1n) is 10.7. The molecule has 9 nitrogen and oxygen atoms in total. The third kappa shape index (κ3) is 5.08. The number of benzene rings is 2. The Labute approximate surface area is 191 Å². The summed E-state index contributed by atoms with van der Waals surface area (Å²) in [6, 6.07) is 14.0. The highest BCUT2D eigenvalue weighted by Crippen LogP contribution is 2.28. The van der Waals surface area contributed by atoms with Gasteiger partial charge in [0, 0.05) is 42.5 Å². The van der Waals surface area contributed by atoms with Gasteiger partial charge in [-0.2, -0.15) is 0 Å². The number of ether oxygens (including phenoxy) is 1. The molecule has 9 heteroatoms. The molecule has 0 bridgehead atoms. The fourth-order valence-corrected chi connectivity index (χ4v) is 3.98. The first-order valence-corrected chi connectivity index (χ1v) is 10.7. The van der Waals surface area contributed by atoms with Crippen molar-refractivity contribution in [1.29, 1.82) is 0 Å². The molecule has 3 aromatic rings. The number of non-ortho nitro benzene ring substituents is 1. The zero-order chi connectivity index (χ0) is 23.4. The Bertz CT molecular complexity index is 1170. The summed E-state index contributed by atoms with van der Waals surface area (Å²) in [5, 5.41) is 13.9. The lowest BCUT2D eigenvalue weighted by Gasteiger charge is -2.33. The maximum atomic E-state index is 12.9. The number of hydrogen-bond acceptors (Lipinski definition) is 7. The van der Waals surface area contributed by atoms with Crippen molar-refractivity contribution < 1.29 is 14.5 Å². The van der Waals surface area contributed by atoms with Crippen molar-refractivity contribution in [3.63, 3.8) is 0 Å². The fraction of sp³-hybridized carbons (Fsp3) is 0.292. The van der Waals surface area contributed by atoms with Gasteiger partial charge >= 0.3 is 0 Å². The monoisotopic (exact) mass is 447 g/mol. The second-order valence-electron chi connectivity index (χ2n) is 8.02. The van der Waals surface area contributed by atoms with Crippen molar-refractivity contribution in [2.24, 2.45) is 5.92 Å². The van der Waals surface area contributed by atoms with E-state index in [1.165, 1.54) is 12.1 Å². The second kappa shape index (κ2) is 9.64. The molecule has 1 aromatic heterocycles.